The molecule has 2 aromatic carbocycles. The summed E-state index contributed by atoms with van der Waals surface area (Å²) in [5, 5.41) is 19.0. The van der Waals surface area contributed by atoms with Gasteiger partial charge in [-0.1, -0.05) is 42.5 Å². The molecule has 2 rings (SSSR count). The molecule has 2 aromatic rings. The Morgan fingerprint density at radius 2 is 1.77 bits per heavy atom. The minimum atomic E-state index is -0.142. The Labute approximate surface area is 201 Å². The van der Waals surface area contributed by atoms with E-state index in [1.54, 1.807) is 0 Å². The molecule has 170 valence electrons. The van der Waals surface area contributed by atoms with E-state index in [9.17, 15) is 9.90 Å². The van der Waals surface area contributed by atoms with E-state index in [0.29, 0.717) is 31.3 Å². The number of carbonyl (C=O) groups excluding carboxylic acids is 1. The molecule has 0 radical (unpaired) electrons. The van der Waals surface area contributed by atoms with Gasteiger partial charge in [0.15, 0.2) is 12.6 Å². The molecule has 7 nitrogen and oxygen atoms in total. The smallest absolute Gasteiger partial charge is 0.257 e. The number of halogens is 1. The third-order valence-corrected chi connectivity index (χ3v) is 4.41. The highest BCUT2D eigenvalue weighted by Gasteiger charge is 2.11. The van der Waals surface area contributed by atoms with Crippen LogP contribution in [0.1, 0.15) is 30.9 Å². The third-order valence-electron chi connectivity index (χ3n) is 4.41. The van der Waals surface area contributed by atoms with Crippen molar-refractivity contribution >= 4 is 35.8 Å². The first-order valence-corrected chi connectivity index (χ1v) is 10.3. The first kappa shape index (κ1) is 26.7. The quantitative estimate of drug-likeness (QED) is 0.200. The summed E-state index contributed by atoms with van der Waals surface area (Å²) in [6.45, 7) is 6.27. The number of nitrogens with one attached hydrogen (secondary N) is 3. The molecule has 0 spiro atoms. The molecule has 0 aliphatic rings. The first-order chi connectivity index (χ1) is 14.7. The Morgan fingerprint density at radius 3 is 2.45 bits per heavy atom. The number of hydrogen-bond acceptors (Lipinski definition) is 4. The molecule has 0 saturated carbocycles. The van der Waals surface area contributed by atoms with E-state index in [4.69, 9.17) is 4.74 Å². The zero-order valence-corrected chi connectivity index (χ0v) is 20.5. The summed E-state index contributed by atoms with van der Waals surface area (Å²) in [5.74, 6) is 1.16. The first-order valence-electron chi connectivity index (χ1n) is 10.3. The minimum Gasteiger partial charge on any atom is -0.484 e. The monoisotopic (exact) mass is 540 g/mol. The van der Waals surface area contributed by atoms with Crippen molar-refractivity contribution in [3.05, 3.63) is 65.7 Å². The van der Waals surface area contributed by atoms with Crippen LogP contribution in [0.25, 0.3) is 0 Å². The predicted molar refractivity (Wildman–Crippen MR) is 135 cm³/mol. The van der Waals surface area contributed by atoms with E-state index >= 15 is 0 Å². The predicted octanol–water partition coefficient (Wildman–Crippen LogP) is 2.65. The summed E-state index contributed by atoms with van der Waals surface area (Å²) in [5.41, 5.74) is 2.06. The number of aliphatic hydroxyl groups is 1. The lowest BCUT2D eigenvalue weighted by atomic mass is 10.0. The Morgan fingerprint density at radius 1 is 1.03 bits per heavy atom. The number of carbonyl (C=O) groups is 1. The Hall–Kier alpha value is -2.33. The molecule has 0 fully saturated rings. The zero-order valence-electron chi connectivity index (χ0n) is 18.1. The van der Waals surface area contributed by atoms with Crippen molar-refractivity contribution in [2.45, 2.75) is 26.3 Å². The Bertz CT molecular complexity index is 802. The van der Waals surface area contributed by atoms with Crippen molar-refractivity contribution in [1.82, 2.24) is 16.0 Å². The van der Waals surface area contributed by atoms with E-state index < -0.39 is 0 Å². The lowest BCUT2D eigenvalue weighted by Gasteiger charge is -2.18. The minimum absolute atomic E-state index is 0. The van der Waals surface area contributed by atoms with Crippen LogP contribution in [0.15, 0.2) is 59.6 Å². The van der Waals surface area contributed by atoms with Crippen LogP contribution in [0, 0.1) is 0 Å². The number of aliphatic hydroxyl groups excluding tert-OH is 1. The number of guanidine groups is 1. The van der Waals surface area contributed by atoms with E-state index in [0.717, 1.165) is 17.7 Å². The molecule has 0 heterocycles. The van der Waals surface area contributed by atoms with Crippen molar-refractivity contribution in [3.8, 4) is 5.75 Å². The van der Waals surface area contributed by atoms with E-state index in [2.05, 4.69) is 20.9 Å². The summed E-state index contributed by atoms with van der Waals surface area (Å²) in [6.07, 6.45) is 0. The summed E-state index contributed by atoms with van der Waals surface area (Å²) < 4.78 is 5.54. The maximum absolute atomic E-state index is 11.6. The standard InChI is InChI=1S/C23H32N4O3.HI/c1-3-24-22(29)17-30-21-12-8-9-18(13-21)14-26-23(25-4-2)27-15-20(16-28)19-10-6-5-7-11-19;/h5-13,20,28H,3-4,14-17H2,1-2H3,(H,24,29)(H2,25,26,27);1H. The second-order valence-corrected chi connectivity index (χ2v) is 6.76. The molecule has 4 N–H and O–H groups in total. The molecule has 31 heavy (non-hydrogen) atoms. The molecule has 1 amide bonds. The number of hydrogen-bond donors (Lipinski definition) is 4. The van der Waals surface area contributed by atoms with Crippen molar-refractivity contribution in [3.63, 3.8) is 0 Å². The number of benzene rings is 2. The van der Waals surface area contributed by atoms with Gasteiger partial charge in [0.2, 0.25) is 0 Å². The van der Waals surface area contributed by atoms with Gasteiger partial charge < -0.3 is 25.8 Å². The SMILES string of the molecule is CCNC(=O)COc1cccc(CN=C(NCC)NCC(CO)c2ccccc2)c1.I. The fraction of sp³-hybridized carbons (Fsp3) is 0.391. The maximum Gasteiger partial charge on any atom is 0.257 e. The lowest BCUT2D eigenvalue weighted by molar-refractivity contribution is -0.122. The summed E-state index contributed by atoms with van der Waals surface area (Å²) in [7, 11) is 0. The average Bonchev–Trinajstić information content (AvgIpc) is 2.77. The molecule has 0 bridgehead atoms. The van der Waals surface area contributed by atoms with Crippen LogP contribution >= 0.6 is 24.0 Å². The van der Waals surface area contributed by atoms with Crippen LogP contribution in [0.5, 0.6) is 5.75 Å². The molecular formula is C23H33IN4O3. The zero-order chi connectivity index (χ0) is 21.6. The van der Waals surface area contributed by atoms with Crippen molar-refractivity contribution in [2.24, 2.45) is 4.99 Å². The van der Waals surface area contributed by atoms with Gasteiger partial charge in [-0.05, 0) is 37.1 Å². The largest absolute Gasteiger partial charge is 0.484 e. The third kappa shape index (κ3) is 10.0. The van der Waals surface area contributed by atoms with Gasteiger partial charge in [0.1, 0.15) is 5.75 Å². The molecule has 0 aliphatic carbocycles. The molecule has 0 aliphatic heterocycles. The van der Waals surface area contributed by atoms with E-state index in [1.807, 2.05) is 68.4 Å². The highest BCUT2D eigenvalue weighted by Crippen LogP contribution is 2.15. The normalized spacial score (nSPS) is 11.8. The van der Waals surface area contributed by atoms with Gasteiger partial charge in [-0.15, -0.1) is 24.0 Å². The number of nitrogens with zero attached hydrogens (tertiary/aromatic N) is 1. The van der Waals surface area contributed by atoms with Crippen LogP contribution in [0.2, 0.25) is 0 Å². The molecule has 0 saturated heterocycles. The van der Waals surface area contributed by atoms with Crippen molar-refractivity contribution < 1.29 is 14.6 Å². The molecule has 1 atom stereocenters. The topological polar surface area (TPSA) is 95.0 Å². The highest BCUT2D eigenvalue weighted by atomic mass is 127. The molecular weight excluding hydrogens is 507 g/mol. The van der Waals surface area contributed by atoms with Crippen LogP contribution in [-0.4, -0.2) is 49.8 Å². The van der Waals surface area contributed by atoms with E-state index in [-0.39, 0.29) is 49.0 Å². The van der Waals surface area contributed by atoms with Crippen LogP contribution < -0.4 is 20.7 Å². The Kier molecular flexibility index (Phi) is 13.3. The average molecular weight is 540 g/mol. The van der Waals surface area contributed by atoms with Gasteiger partial charge in [0.25, 0.3) is 5.91 Å². The van der Waals surface area contributed by atoms with Gasteiger partial charge in [0.05, 0.1) is 13.2 Å². The Balaban J connectivity index is 0.00000480. The van der Waals surface area contributed by atoms with Crippen LogP contribution in [-0.2, 0) is 11.3 Å². The maximum atomic E-state index is 11.6. The fourth-order valence-corrected chi connectivity index (χ4v) is 2.88. The highest BCUT2D eigenvalue weighted by molar-refractivity contribution is 14.0. The van der Waals surface area contributed by atoms with Crippen LogP contribution in [0.4, 0.5) is 0 Å². The lowest BCUT2D eigenvalue weighted by Crippen LogP contribution is -2.39. The molecule has 0 aromatic heterocycles. The second kappa shape index (κ2) is 15.5. The fourth-order valence-electron chi connectivity index (χ4n) is 2.88. The summed E-state index contributed by atoms with van der Waals surface area (Å²) in [6, 6.07) is 17.5. The summed E-state index contributed by atoms with van der Waals surface area (Å²) >= 11 is 0. The summed E-state index contributed by atoms with van der Waals surface area (Å²) in [4.78, 5) is 16.2. The van der Waals surface area contributed by atoms with Crippen molar-refractivity contribution in [2.75, 3.05) is 32.8 Å². The van der Waals surface area contributed by atoms with Crippen molar-refractivity contribution in [1.29, 1.82) is 0 Å². The van der Waals surface area contributed by atoms with Gasteiger partial charge in [-0.25, -0.2) is 4.99 Å². The number of ether oxygens (including phenoxy) is 1. The van der Waals surface area contributed by atoms with Gasteiger partial charge >= 0.3 is 0 Å². The van der Waals surface area contributed by atoms with E-state index in [1.165, 1.54) is 0 Å². The molecule has 8 heteroatoms. The second-order valence-electron chi connectivity index (χ2n) is 6.76. The number of likely N-dealkylation sites (N-methyl/N-ethyl adjacent to an activating group) is 1. The number of aliphatic imine (C=N–C) groups is 1. The van der Waals surface area contributed by atoms with Gasteiger partial charge in [-0.3, -0.25) is 4.79 Å². The van der Waals surface area contributed by atoms with Crippen LogP contribution in [0.3, 0.4) is 0 Å². The number of amides is 1. The molecule has 1 unspecified atom stereocenters. The number of rotatable bonds is 11. The van der Waals surface area contributed by atoms with Gasteiger partial charge in [0, 0.05) is 25.6 Å². The van der Waals surface area contributed by atoms with Gasteiger partial charge in [-0.2, -0.15) is 0 Å².